The van der Waals surface area contributed by atoms with Crippen LogP contribution in [0.25, 0.3) is 16.6 Å². The second kappa shape index (κ2) is 6.55. The molecule has 4 aromatic rings. The first-order valence-electron chi connectivity index (χ1n) is 7.71. The number of para-hydroxylation sites is 1. The number of nitrogens with one attached hydrogen (secondary N) is 1. The van der Waals surface area contributed by atoms with Gasteiger partial charge in [0, 0.05) is 12.1 Å². The average Bonchev–Trinajstić information content (AvgIpc) is 3.14. The number of imidazole rings is 1. The lowest BCUT2D eigenvalue weighted by Crippen LogP contribution is -2.01. The Hall–Kier alpha value is -2.70. The first kappa shape index (κ1) is 16.8. The summed E-state index contributed by atoms with van der Waals surface area (Å²) in [6.45, 7) is 0. The smallest absolute Gasteiger partial charge is 0.163 e. The van der Waals surface area contributed by atoms with Crippen molar-refractivity contribution in [2.75, 3.05) is 19.5 Å². The highest BCUT2D eigenvalue weighted by Crippen LogP contribution is 2.36. The van der Waals surface area contributed by atoms with E-state index in [1.165, 1.54) is 0 Å². The first-order chi connectivity index (χ1) is 12.6. The molecule has 0 fully saturated rings. The van der Waals surface area contributed by atoms with Crippen LogP contribution < -0.4 is 14.8 Å². The van der Waals surface area contributed by atoms with E-state index < -0.39 is 0 Å². The van der Waals surface area contributed by atoms with Gasteiger partial charge in [-0.2, -0.15) is 0 Å². The van der Waals surface area contributed by atoms with E-state index in [0.717, 1.165) is 11.0 Å². The minimum absolute atomic E-state index is 0.504. The number of fused-ring (bicyclic) bond motifs is 3. The van der Waals surface area contributed by atoms with E-state index in [9.17, 15) is 0 Å². The van der Waals surface area contributed by atoms with Gasteiger partial charge in [-0.15, -0.1) is 0 Å². The highest BCUT2D eigenvalue weighted by Gasteiger charge is 2.15. The Morgan fingerprint density at radius 3 is 2.38 bits per heavy atom. The van der Waals surface area contributed by atoms with Gasteiger partial charge in [0.15, 0.2) is 17.3 Å². The van der Waals surface area contributed by atoms with Crippen LogP contribution >= 0.6 is 23.2 Å². The van der Waals surface area contributed by atoms with Crippen LogP contribution in [-0.4, -0.2) is 28.6 Å². The van der Waals surface area contributed by atoms with E-state index in [4.69, 9.17) is 37.7 Å². The second-order valence-electron chi connectivity index (χ2n) is 5.53. The number of nitrogens with zero attached hydrogens (tertiary/aromatic N) is 3. The maximum atomic E-state index is 6.28. The summed E-state index contributed by atoms with van der Waals surface area (Å²) in [7, 11) is 3.18. The number of halogens is 2. The third-order valence-electron chi connectivity index (χ3n) is 4.06. The lowest BCUT2D eigenvalue weighted by atomic mass is 10.2. The van der Waals surface area contributed by atoms with E-state index in [1.807, 2.05) is 16.5 Å². The van der Waals surface area contributed by atoms with E-state index in [2.05, 4.69) is 10.3 Å². The minimum atomic E-state index is 0.504. The fraction of sp³-hybridized carbons (Fsp3) is 0.111. The van der Waals surface area contributed by atoms with Crippen molar-refractivity contribution in [2.24, 2.45) is 0 Å². The number of hydrogen-bond acceptors (Lipinski definition) is 5. The van der Waals surface area contributed by atoms with Crippen LogP contribution in [-0.2, 0) is 0 Å². The Bertz CT molecular complexity index is 1110. The molecule has 2 aromatic carbocycles. The van der Waals surface area contributed by atoms with Crippen LogP contribution in [0.1, 0.15) is 0 Å². The van der Waals surface area contributed by atoms with Gasteiger partial charge in [0.25, 0.3) is 0 Å². The normalized spacial score (nSPS) is 11.1. The molecule has 0 aliphatic rings. The summed E-state index contributed by atoms with van der Waals surface area (Å²) >= 11 is 12.6. The van der Waals surface area contributed by atoms with Crippen LogP contribution in [0.3, 0.4) is 0 Å². The van der Waals surface area contributed by atoms with Crippen molar-refractivity contribution >= 4 is 51.3 Å². The molecule has 0 spiro atoms. The molecule has 0 aliphatic carbocycles. The Balaban J connectivity index is 1.96. The lowest BCUT2D eigenvalue weighted by molar-refractivity contribution is 0.355. The molecule has 0 amide bonds. The molecular formula is C18H14Cl2N4O2. The maximum Gasteiger partial charge on any atom is 0.163 e. The zero-order chi connectivity index (χ0) is 18.3. The minimum Gasteiger partial charge on any atom is -0.493 e. The van der Waals surface area contributed by atoms with Crippen molar-refractivity contribution in [1.82, 2.24) is 14.4 Å². The molecule has 4 rings (SSSR count). The van der Waals surface area contributed by atoms with Crippen LogP contribution in [0.4, 0.5) is 11.5 Å². The zero-order valence-corrected chi connectivity index (χ0v) is 15.5. The van der Waals surface area contributed by atoms with E-state index in [0.29, 0.717) is 38.6 Å². The number of methoxy groups -OCH3 is 2. The number of rotatable bonds is 4. The maximum absolute atomic E-state index is 6.28. The quantitative estimate of drug-likeness (QED) is 0.535. The van der Waals surface area contributed by atoms with Gasteiger partial charge in [0.2, 0.25) is 0 Å². The van der Waals surface area contributed by atoms with Gasteiger partial charge < -0.3 is 14.8 Å². The molecule has 26 heavy (non-hydrogen) atoms. The monoisotopic (exact) mass is 388 g/mol. The Kier molecular flexibility index (Phi) is 4.22. The van der Waals surface area contributed by atoms with Gasteiger partial charge in [0.1, 0.15) is 5.52 Å². The van der Waals surface area contributed by atoms with Crippen LogP contribution in [0.15, 0.2) is 42.9 Å². The molecule has 0 aliphatic heterocycles. The van der Waals surface area contributed by atoms with Gasteiger partial charge in [-0.1, -0.05) is 29.3 Å². The molecule has 0 radical (unpaired) electrons. The van der Waals surface area contributed by atoms with E-state index in [-0.39, 0.29) is 0 Å². The van der Waals surface area contributed by atoms with Gasteiger partial charge in [-0.05, 0) is 12.1 Å². The molecule has 6 nitrogen and oxygen atoms in total. The highest BCUT2D eigenvalue weighted by atomic mass is 35.5. The number of benzene rings is 2. The summed E-state index contributed by atoms with van der Waals surface area (Å²) in [6.07, 6.45) is 3.43. The highest BCUT2D eigenvalue weighted by molar-refractivity contribution is 6.39. The molecule has 0 bridgehead atoms. The largest absolute Gasteiger partial charge is 0.493 e. The molecule has 1 N–H and O–H groups in total. The Labute approximate surface area is 159 Å². The molecule has 2 heterocycles. The van der Waals surface area contributed by atoms with Crippen molar-refractivity contribution < 1.29 is 9.47 Å². The first-order valence-corrected chi connectivity index (χ1v) is 8.47. The van der Waals surface area contributed by atoms with Crippen molar-refractivity contribution in [1.29, 1.82) is 0 Å². The summed E-state index contributed by atoms with van der Waals surface area (Å²) < 4.78 is 12.7. The predicted molar refractivity (Wildman–Crippen MR) is 103 cm³/mol. The van der Waals surface area contributed by atoms with Crippen LogP contribution in [0.5, 0.6) is 11.5 Å². The molecule has 2 aromatic heterocycles. The molecule has 0 unspecified atom stereocenters. The van der Waals surface area contributed by atoms with Gasteiger partial charge in [-0.3, -0.25) is 4.40 Å². The second-order valence-corrected chi connectivity index (χ2v) is 6.34. The summed E-state index contributed by atoms with van der Waals surface area (Å²) in [5, 5.41) is 4.23. The van der Waals surface area contributed by atoms with Crippen molar-refractivity contribution in [2.45, 2.75) is 0 Å². The zero-order valence-electron chi connectivity index (χ0n) is 14.0. The fourth-order valence-corrected chi connectivity index (χ4v) is 3.30. The topological polar surface area (TPSA) is 60.7 Å². The van der Waals surface area contributed by atoms with Gasteiger partial charge >= 0.3 is 0 Å². The molecule has 0 atom stereocenters. The Morgan fingerprint density at radius 2 is 1.69 bits per heavy atom. The number of ether oxygens (including phenoxy) is 2. The Morgan fingerprint density at radius 1 is 1.00 bits per heavy atom. The SMILES string of the molecule is COc1cc2nc(Nc3c(Cl)cccc3Cl)c3cncn3c2cc1OC. The summed E-state index contributed by atoms with van der Waals surface area (Å²) in [4.78, 5) is 8.95. The van der Waals surface area contributed by atoms with Crippen molar-refractivity contribution in [3.63, 3.8) is 0 Å². The number of hydrogen-bond donors (Lipinski definition) is 1. The molecule has 8 heteroatoms. The number of anilines is 2. The fourth-order valence-electron chi connectivity index (χ4n) is 2.81. The molecular weight excluding hydrogens is 375 g/mol. The third-order valence-corrected chi connectivity index (χ3v) is 4.69. The average molecular weight is 389 g/mol. The van der Waals surface area contributed by atoms with Crippen LogP contribution in [0, 0.1) is 0 Å². The van der Waals surface area contributed by atoms with Gasteiger partial charge in [0.05, 0.1) is 53.5 Å². The molecule has 132 valence electrons. The van der Waals surface area contributed by atoms with Crippen molar-refractivity contribution in [3.8, 4) is 11.5 Å². The number of aromatic nitrogens is 3. The van der Waals surface area contributed by atoms with Crippen LogP contribution in [0.2, 0.25) is 10.0 Å². The standard InChI is InChI=1S/C18H14Cl2N4O2/c1-25-15-6-12-13(7-16(15)26-2)24-9-21-8-14(24)18(22-12)23-17-10(19)4-3-5-11(17)20/h3-9H,1-2H3,(H,22,23). The lowest BCUT2D eigenvalue weighted by Gasteiger charge is -2.14. The third kappa shape index (κ3) is 2.67. The van der Waals surface area contributed by atoms with Crippen molar-refractivity contribution in [3.05, 3.63) is 52.9 Å². The molecule has 0 saturated heterocycles. The molecule has 0 saturated carbocycles. The summed E-state index contributed by atoms with van der Waals surface area (Å²) in [5.74, 6) is 1.79. The van der Waals surface area contributed by atoms with E-state index in [1.54, 1.807) is 44.9 Å². The van der Waals surface area contributed by atoms with E-state index >= 15 is 0 Å². The van der Waals surface area contributed by atoms with Gasteiger partial charge in [-0.25, -0.2) is 9.97 Å². The summed E-state index contributed by atoms with van der Waals surface area (Å²) in [6, 6.07) is 8.99. The predicted octanol–water partition coefficient (Wildman–Crippen LogP) is 4.95. The summed E-state index contributed by atoms with van der Waals surface area (Å²) in [5.41, 5.74) is 2.91.